The van der Waals surface area contributed by atoms with Crippen molar-refractivity contribution in [1.29, 1.82) is 0 Å². The van der Waals surface area contributed by atoms with Crippen molar-refractivity contribution in [3.8, 4) is 0 Å². The number of aryl methyl sites for hydroxylation is 1. The van der Waals surface area contributed by atoms with Crippen LogP contribution in [0.1, 0.15) is 31.4 Å². The minimum atomic E-state index is 1.05. The molecule has 1 saturated heterocycles. The standard InChI is InChI=1S/C10H18N4/c1-2-6-14(7-3-1)8-4-5-10-9-11-13-12-10/h9H,1-8H2,(H,11,12,13). The van der Waals surface area contributed by atoms with Gasteiger partial charge in [0.1, 0.15) is 0 Å². The van der Waals surface area contributed by atoms with E-state index in [1.807, 2.05) is 6.20 Å². The minimum Gasteiger partial charge on any atom is -0.303 e. The van der Waals surface area contributed by atoms with E-state index < -0.39 is 0 Å². The minimum absolute atomic E-state index is 1.05. The summed E-state index contributed by atoms with van der Waals surface area (Å²) in [5, 5.41) is 10.5. The molecule has 0 unspecified atom stereocenters. The number of piperidine rings is 1. The van der Waals surface area contributed by atoms with Gasteiger partial charge in [-0.2, -0.15) is 15.4 Å². The Morgan fingerprint density at radius 3 is 2.86 bits per heavy atom. The molecule has 4 nitrogen and oxygen atoms in total. The van der Waals surface area contributed by atoms with Crippen molar-refractivity contribution >= 4 is 0 Å². The summed E-state index contributed by atoms with van der Waals surface area (Å²) < 4.78 is 0. The van der Waals surface area contributed by atoms with Crippen LogP contribution in [0.4, 0.5) is 0 Å². The third kappa shape index (κ3) is 2.80. The summed E-state index contributed by atoms with van der Waals surface area (Å²) in [6.07, 6.45) is 8.24. The van der Waals surface area contributed by atoms with Crippen LogP contribution in [0, 0.1) is 0 Å². The molecule has 0 amide bonds. The first-order valence-electron chi connectivity index (χ1n) is 5.52. The summed E-state index contributed by atoms with van der Waals surface area (Å²) in [5.74, 6) is 0. The zero-order valence-electron chi connectivity index (χ0n) is 8.58. The van der Waals surface area contributed by atoms with Gasteiger partial charge < -0.3 is 4.90 Å². The summed E-state index contributed by atoms with van der Waals surface area (Å²) in [5.41, 5.74) is 1.09. The lowest BCUT2D eigenvalue weighted by Crippen LogP contribution is -2.30. The number of H-pyrrole nitrogens is 1. The molecule has 78 valence electrons. The van der Waals surface area contributed by atoms with E-state index in [1.54, 1.807) is 0 Å². The lowest BCUT2D eigenvalue weighted by molar-refractivity contribution is 0.226. The first-order valence-corrected chi connectivity index (χ1v) is 5.52. The molecule has 1 N–H and O–H groups in total. The van der Waals surface area contributed by atoms with Crippen LogP contribution in [0.2, 0.25) is 0 Å². The van der Waals surface area contributed by atoms with E-state index in [-0.39, 0.29) is 0 Å². The van der Waals surface area contributed by atoms with Crippen LogP contribution in [-0.4, -0.2) is 39.9 Å². The van der Waals surface area contributed by atoms with Crippen LogP contribution >= 0.6 is 0 Å². The Hall–Kier alpha value is -0.900. The van der Waals surface area contributed by atoms with Crippen LogP contribution in [0.15, 0.2) is 6.20 Å². The maximum Gasteiger partial charge on any atom is 0.0825 e. The fraction of sp³-hybridized carbons (Fsp3) is 0.800. The molecule has 0 saturated carbocycles. The van der Waals surface area contributed by atoms with Crippen molar-refractivity contribution in [2.45, 2.75) is 32.1 Å². The molecule has 1 aromatic heterocycles. The van der Waals surface area contributed by atoms with Gasteiger partial charge in [0.05, 0.1) is 11.9 Å². The molecular weight excluding hydrogens is 176 g/mol. The second kappa shape index (κ2) is 5.10. The monoisotopic (exact) mass is 194 g/mol. The highest BCUT2D eigenvalue weighted by Gasteiger charge is 2.09. The number of nitrogens with one attached hydrogen (secondary N) is 1. The molecule has 0 bridgehead atoms. The number of hydrogen-bond donors (Lipinski definition) is 1. The highest BCUT2D eigenvalue weighted by atomic mass is 15.3. The normalized spacial score (nSPS) is 18.6. The summed E-state index contributed by atoms with van der Waals surface area (Å²) in [7, 11) is 0. The number of hydrogen-bond acceptors (Lipinski definition) is 3. The third-order valence-corrected chi connectivity index (χ3v) is 2.82. The Labute approximate surface area is 84.7 Å². The van der Waals surface area contributed by atoms with E-state index in [4.69, 9.17) is 0 Å². The quantitative estimate of drug-likeness (QED) is 0.784. The third-order valence-electron chi connectivity index (χ3n) is 2.82. The predicted molar refractivity (Wildman–Crippen MR) is 55.0 cm³/mol. The predicted octanol–water partition coefficient (Wildman–Crippen LogP) is 1.22. The molecule has 0 spiro atoms. The number of aromatic amines is 1. The van der Waals surface area contributed by atoms with Gasteiger partial charge in [-0.15, -0.1) is 0 Å². The summed E-state index contributed by atoms with van der Waals surface area (Å²) in [6.45, 7) is 3.80. The number of likely N-dealkylation sites (tertiary alicyclic amines) is 1. The van der Waals surface area contributed by atoms with Gasteiger partial charge in [0.25, 0.3) is 0 Å². The van der Waals surface area contributed by atoms with Crippen LogP contribution in [0.3, 0.4) is 0 Å². The van der Waals surface area contributed by atoms with Crippen molar-refractivity contribution in [3.63, 3.8) is 0 Å². The molecule has 1 aliphatic rings. The van der Waals surface area contributed by atoms with Crippen molar-refractivity contribution in [2.24, 2.45) is 0 Å². The Bertz CT molecular complexity index is 239. The maximum atomic E-state index is 4.04. The summed E-state index contributed by atoms with van der Waals surface area (Å²) in [6, 6.07) is 0. The SMILES string of the molecule is c1n[nH]nc1CCCN1CCCCC1. The maximum absolute atomic E-state index is 4.04. The zero-order valence-corrected chi connectivity index (χ0v) is 8.58. The zero-order chi connectivity index (χ0) is 9.64. The molecule has 14 heavy (non-hydrogen) atoms. The van der Waals surface area contributed by atoms with Crippen molar-refractivity contribution in [3.05, 3.63) is 11.9 Å². The van der Waals surface area contributed by atoms with E-state index in [9.17, 15) is 0 Å². The molecule has 0 atom stereocenters. The summed E-state index contributed by atoms with van der Waals surface area (Å²) in [4.78, 5) is 2.56. The Kier molecular flexibility index (Phi) is 3.51. The number of nitrogens with zero attached hydrogens (tertiary/aromatic N) is 3. The second-order valence-corrected chi connectivity index (χ2v) is 3.97. The molecule has 0 aliphatic carbocycles. The average Bonchev–Trinajstić information content (AvgIpc) is 2.72. The molecule has 1 fully saturated rings. The van der Waals surface area contributed by atoms with Gasteiger partial charge in [-0.25, -0.2) is 0 Å². The van der Waals surface area contributed by atoms with E-state index in [2.05, 4.69) is 20.3 Å². The fourth-order valence-corrected chi connectivity index (χ4v) is 2.01. The van der Waals surface area contributed by atoms with Crippen LogP contribution in [-0.2, 0) is 6.42 Å². The van der Waals surface area contributed by atoms with Crippen LogP contribution < -0.4 is 0 Å². The van der Waals surface area contributed by atoms with Crippen LogP contribution in [0.5, 0.6) is 0 Å². The highest BCUT2D eigenvalue weighted by Crippen LogP contribution is 2.09. The smallest absolute Gasteiger partial charge is 0.0825 e. The topological polar surface area (TPSA) is 44.8 Å². The molecule has 0 aromatic carbocycles. The molecule has 1 aromatic rings. The average molecular weight is 194 g/mol. The van der Waals surface area contributed by atoms with Gasteiger partial charge in [-0.3, -0.25) is 0 Å². The molecule has 0 radical (unpaired) electrons. The largest absolute Gasteiger partial charge is 0.303 e. The Morgan fingerprint density at radius 2 is 2.14 bits per heavy atom. The molecule has 4 heteroatoms. The number of aromatic nitrogens is 3. The van der Waals surface area contributed by atoms with E-state index in [0.29, 0.717) is 0 Å². The van der Waals surface area contributed by atoms with Gasteiger partial charge in [0.15, 0.2) is 0 Å². The fourth-order valence-electron chi connectivity index (χ4n) is 2.01. The lowest BCUT2D eigenvalue weighted by atomic mass is 10.1. The van der Waals surface area contributed by atoms with Gasteiger partial charge in [0, 0.05) is 0 Å². The molecule has 2 heterocycles. The molecule has 1 aliphatic heterocycles. The van der Waals surface area contributed by atoms with E-state index in [0.717, 1.165) is 12.1 Å². The lowest BCUT2D eigenvalue weighted by Gasteiger charge is -2.26. The van der Waals surface area contributed by atoms with Gasteiger partial charge in [0.2, 0.25) is 0 Å². The number of rotatable bonds is 4. The molecule has 2 rings (SSSR count). The van der Waals surface area contributed by atoms with Gasteiger partial charge in [-0.05, 0) is 45.3 Å². The van der Waals surface area contributed by atoms with Gasteiger partial charge >= 0.3 is 0 Å². The van der Waals surface area contributed by atoms with Crippen molar-refractivity contribution in [1.82, 2.24) is 20.3 Å². The second-order valence-electron chi connectivity index (χ2n) is 3.97. The highest BCUT2D eigenvalue weighted by molar-refractivity contribution is 4.90. The van der Waals surface area contributed by atoms with Crippen LogP contribution in [0.25, 0.3) is 0 Å². The first-order chi connectivity index (χ1) is 6.95. The molecular formula is C10H18N4. The van der Waals surface area contributed by atoms with Crippen molar-refractivity contribution < 1.29 is 0 Å². The van der Waals surface area contributed by atoms with Gasteiger partial charge in [-0.1, -0.05) is 6.42 Å². The Balaban J connectivity index is 1.62. The van der Waals surface area contributed by atoms with Crippen molar-refractivity contribution in [2.75, 3.05) is 19.6 Å². The van der Waals surface area contributed by atoms with E-state index >= 15 is 0 Å². The summed E-state index contributed by atoms with van der Waals surface area (Å²) >= 11 is 0. The Morgan fingerprint density at radius 1 is 1.29 bits per heavy atom. The first kappa shape index (κ1) is 9.65. The van der Waals surface area contributed by atoms with E-state index in [1.165, 1.54) is 45.3 Å².